The number of pyridine rings is 1. The van der Waals surface area contributed by atoms with Crippen molar-refractivity contribution >= 4 is 25.2 Å². The number of rotatable bonds is 13. The topological polar surface area (TPSA) is 70.4 Å². The number of hydrogen-bond acceptors (Lipinski definition) is 6. The molecule has 0 radical (unpaired) electrons. The minimum absolute atomic E-state index is 0.141. The van der Waals surface area contributed by atoms with Crippen molar-refractivity contribution in [2.24, 2.45) is 10.8 Å². The molecule has 0 aliphatic heterocycles. The Hall–Kier alpha value is -1.48. The van der Waals surface area contributed by atoms with Crippen molar-refractivity contribution < 1.29 is 13.9 Å². The van der Waals surface area contributed by atoms with Gasteiger partial charge < -0.3 is 23.8 Å². The van der Waals surface area contributed by atoms with Gasteiger partial charge in [0, 0.05) is 43.5 Å². The lowest BCUT2D eigenvalue weighted by Gasteiger charge is -2.40. The quantitative estimate of drug-likeness (QED) is 0.250. The van der Waals surface area contributed by atoms with E-state index in [1.54, 1.807) is 7.11 Å². The van der Waals surface area contributed by atoms with Crippen LogP contribution < -0.4 is 5.32 Å². The fraction of sp³-hybridized carbons (Fsp3) is 0.806. The molecule has 0 aromatic carbocycles. The molecule has 2 rings (SSSR count). The maximum absolute atomic E-state index is 6.75. The molecule has 2 aromatic heterocycles. The highest BCUT2D eigenvalue weighted by Crippen LogP contribution is 2.39. The zero-order valence-corrected chi connectivity index (χ0v) is 28.8. The number of ether oxygens (including phenoxy) is 2. The van der Waals surface area contributed by atoms with Crippen LogP contribution in [0.15, 0.2) is 0 Å². The fourth-order valence-electron chi connectivity index (χ4n) is 5.21. The van der Waals surface area contributed by atoms with Crippen molar-refractivity contribution in [3.63, 3.8) is 0 Å². The molecule has 0 amide bonds. The van der Waals surface area contributed by atoms with Crippen LogP contribution >= 0.6 is 0 Å². The van der Waals surface area contributed by atoms with E-state index < -0.39 is 8.32 Å². The van der Waals surface area contributed by atoms with E-state index in [0.717, 1.165) is 40.4 Å². The van der Waals surface area contributed by atoms with Gasteiger partial charge in [-0.2, -0.15) is 0 Å². The monoisotopic (exact) mass is 562 g/mol. The molecular weight excluding hydrogens is 504 g/mol. The lowest BCUT2D eigenvalue weighted by molar-refractivity contribution is 0.0328. The van der Waals surface area contributed by atoms with Gasteiger partial charge in [0.2, 0.25) is 0 Å². The second-order valence-electron chi connectivity index (χ2n) is 15.2. The van der Waals surface area contributed by atoms with E-state index in [1.165, 1.54) is 0 Å². The first kappa shape index (κ1) is 33.7. The largest absolute Gasteiger partial charge is 0.416 e. The highest BCUT2D eigenvalue weighted by Gasteiger charge is 2.40. The number of hydrogen-bond donors (Lipinski definition) is 1. The van der Waals surface area contributed by atoms with Crippen LogP contribution in [0.2, 0.25) is 18.1 Å². The standard InChI is InChI=1S/C31H58N4O3Si/c1-16-37-17-24-33-25-26(22(2)23(3)32-27(25)34-30(10,11)18-28(4,5)6)35(24)19-31(12,20-36-13)21-38-39(14,15)29(7,8)9/h16-21H2,1-15H3,(H,32,34). The van der Waals surface area contributed by atoms with Crippen LogP contribution in [0.1, 0.15) is 92.7 Å². The second kappa shape index (κ2) is 12.2. The van der Waals surface area contributed by atoms with Crippen LogP contribution in [0.25, 0.3) is 11.0 Å². The number of nitrogens with one attached hydrogen (secondary N) is 1. The summed E-state index contributed by atoms with van der Waals surface area (Å²) in [5, 5.41) is 3.90. The normalized spacial score (nSPS) is 15.2. The molecular formula is C31H58N4O3Si. The van der Waals surface area contributed by atoms with E-state index in [2.05, 4.69) is 99.1 Å². The van der Waals surface area contributed by atoms with Crippen molar-refractivity contribution in [3.05, 3.63) is 17.1 Å². The van der Waals surface area contributed by atoms with Gasteiger partial charge >= 0.3 is 0 Å². The molecule has 224 valence electrons. The van der Waals surface area contributed by atoms with E-state index in [9.17, 15) is 0 Å². The Kier molecular flexibility index (Phi) is 10.5. The van der Waals surface area contributed by atoms with E-state index in [0.29, 0.717) is 33.0 Å². The molecule has 0 saturated carbocycles. The predicted octanol–water partition coefficient (Wildman–Crippen LogP) is 7.89. The maximum atomic E-state index is 6.75. The number of anilines is 1. The Bertz CT molecular complexity index is 1110. The van der Waals surface area contributed by atoms with Crippen LogP contribution in [0.5, 0.6) is 0 Å². The van der Waals surface area contributed by atoms with Crippen LogP contribution in [0.3, 0.4) is 0 Å². The number of imidazole rings is 1. The minimum Gasteiger partial charge on any atom is -0.416 e. The molecule has 2 heterocycles. The lowest BCUT2D eigenvalue weighted by Crippen LogP contribution is -2.45. The molecule has 1 N–H and O–H groups in total. The summed E-state index contributed by atoms with van der Waals surface area (Å²) in [4.78, 5) is 10.2. The summed E-state index contributed by atoms with van der Waals surface area (Å²) < 4.78 is 20.8. The van der Waals surface area contributed by atoms with Gasteiger partial charge in [0.05, 0.1) is 12.1 Å². The summed E-state index contributed by atoms with van der Waals surface area (Å²) in [6.45, 7) is 34.3. The number of fused-ring (bicyclic) bond motifs is 1. The first-order chi connectivity index (χ1) is 17.7. The average Bonchev–Trinajstić information content (AvgIpc) is 3.10. The van der Waals surface area contributed by atoms with Crippen LogP contribution in [-0.4, -0.2) is 55.3 Å². The van der Waals surface area contributed by atoms with Gasteiger partial charge in [0.1, 0.15) is 17.9 Å². The maximum Gasteiger partial charge on any atom is 0.192 e. The lowest BCUT2D eigenvalue weighted by atomic mass is 9.82. The summed E-state index contributed by atoms with van der Waals surface area (Å²) in [7, 11) is -0.159. The third kappa shape index (κ3) is 8.75. The molecule has 1 unspecified atom stereocenters. The summed E-state index contributed by atoms with van der Waals surface area (Å²) in [5.41, 5.74) is 3.95. The zero-order valence-electron chi connectivity index (χ0n) is 27.8. The Morgan fingerprint density at radius 2 is 1.54 bits per heavy atom. The molecule has 7 nitrogen and oxygen atoms in total. The summed E-state index contributed by atoms with van der Waals surface area (Å²) >= 11 is 0. The third-order valence-corrected chi connectivity index (χ3v) is 12.4. The van der Waals surface area contributed by atoms with Crippen LogP contribution in [0, 0.1) is 24.7 Å². The first-order valence-corrected chi connectivity index (χ1v) is 17.4. The SMILES string of the molecule is CCOCc1nc2c(NC(C)(C)CC(C)(C)C)nc(C)c(C)c2n1CC(C)(COC)CO[Si](C)(C)C(C)(C)C. The molecule has 0 spiro atoms. The Morgan fingerprint density at radius 3 is 2.05 bits per heavy atom. The number of aryl methyl sites for hydroxylation is 2. The Morgan fingerprint density at radius 1 is 0.923 bits per heavy atom. The molecule has 39 heavy (non-hydrogen) atoms. The van der Waals surface area contributed by atoms with Gasteiger partial charge in [-0.05, 0) is 70.2 Å². The van der Waals surface area contributed by atoms with Gasteiger partial charge in [-0.3, -0.25) is 0 Å². The van der Waals surface area contributed by atoms with Crippen molar-refractivity contribution in [1.82, 2.24) is 14.5 Å². The summed E-state index contributed by atoms with van der Waals surface area (Å²) in [6.07, 6.45) is 0.999. The molecule has 2 aromatic rings. The van der Waals surface area contributed by atoms with Crippen LogP contribution in [-0.2, 0) is 27.1 Å². The number of aromatic nitrogens is 3. The van der Waals surface area contributed by atoms with E-state index in [1.807, 2.05) is 6.92 Å². The molecule has 1 atom stereocenters. The van der Waals surface area contributed by atoms with Crippen LogP contribution in [0.4, 0.5) is 5.82 Å². The fourth-order valence-corrected chi connectivity index (χ4v) is 6.35. The van der Waals surface area contributed by atoms with Gasteiger partial charge in [0.15, 0.2) is 14.1 Å². The smallest absolute Gasteiger partial charge is 0.192 e. The van der Waals surface area contributed by atoms with Gasteiger partial charge in [-0.1, -0.05) is 48.5 Å². The molecule has 0 saturated heterocycles. The summed E-state index contributed by atoms with van der Waals surface area (Å²) in [5.74, 6) is 1.75. The van der Waals surface area contributed by atoms with Crippen molar-refractivity contribution in [2.75, 3.05) is 32.2 Å². The van der Waals surface area contributed by atoms with Crippen molar-refractivity contribution in [3.8, 4) is 0 Å². The Balaban J connectivity index is 2.65. The third-order valence-electron chi connectivity index (χ3n) is 7.93. The highest BCUT2D eigenvalue weighted by molar-refractivity contribution is 6.74. The van der Waals surface area contributed by atoms with Gasteiger partial charge in [0.25, 0.3) is 0 Å². The van der Waals surface area contributed by atoms with Gasteiger partial charge in [-0.25, -0.2) is 9.97 Å². The van der Waals surface area contributed by atoms with Crippen molar-refractivity contribution in [1.29, 1.82) is 0 Å². The average molecular weight is 563 g/mol. The van der Waals surface area contributed by atoms with Gasteiger partial charge in [-0.15, -0.1) is 0 Å². The molecule has 0 aliphatic carbocycles. The molecule has 8 heteroatoms. The highest BCUT2D eigenvalue weighted by atomic mass is 28.4. The van der Waals surface area contributed by atoms with E-state index >= 15 is 0 Å². The minimum atomic E-state index is -1.93. The number of nitrogens with zero attached hydrogens (tertiary/aromatic N) is 3. The first-order valence-electron chi connectivity index (χ1n) is 14.5. The number of methoxy groups -OCH3 is 1. The predicted molar refractivity (Wildman–Crippen MR) is 167 cm³/mol. The molecule has 0 aliphatic rings. The summed E-state index contributed by atoms with van der Waals surface area (Å²) in [6, 6.07) is 0. The van der Waals surface area contributed by atoms with Crippen molar-refractivity contribution in [2.45, 2.75) is 126 Å². The Labute approximate surface area is 239 Å². The second-order valence-corrected chi connectivity index (χ2v) is 20.0. The van der Waals surface area contributed by atoms with E-state index in [-0.39, 0.29) is 21.4 Å². The molecule has 0 bridgehead atoms. The van der Waals surface area contributed by atoms with E-state index in [4.69, 9.17) is 23.9 Å². The zero-order chi connectivity index (χ0) is 30.0. The molecule has 0 fully saturated rings.